The Labute approximate surface area is 121 Å². The van der Waals surface area contributed by atoms with Gasteiger partial charge in [0.25, 0.3) is 5.22 Å². The normalized spacial score (nSPS) is 14.1. The molecule has 2 heterocycles. The number of nitrogen functional groups attached to an aromatic ring is 1. The van der Waals surface area contributed by atoms with E-state index in [1.54, 1.807) is 6.26 Å². The molecule has 1 aliphatic rings. The van der Waals surface area contributed by atoms with E-state index in [9.17, 15) is 0 Å². The molecule has 3 N–H and O–H groups in total. The number of nitrogens with one attached hydrogen (secondary N) is 1. The maximum Gasteiger partial charge on any atom is 0.262 e. The summed E-state index contributed by atoms with van der Waals surface area (Å²) >= 11 is 1.33. The zero-order chi connectivity index (χ0) is 14.1. The van der Waals surface area contributed by atoms with Crippen molar-refractivity contribution in [2.75, 3.05) is 0 Å². The third kappa shape index (κ3) is 2.56. The summed E-state index contributed by atoms with van der Waals surface area (Å²) in [6.07, 6.45) is 5.96. The third-order valence-electron chi connectivity index (χ3n) is 3.34. The quantitative estimate of drug-likeness (QED) is 0.669. The Kier molecular flexibility index (Phi) is 3.48. The summed E-state index contributed by atoms with van der Waals surface area (Å²) in [6, 6.07) is 2.00. The summed E-state index contributed by atoms with van der Waals surface area (Å²) in [7, 11) is 0. The Balaban J connectivity index is 2.01. The van der Waals surface area contributed by atoms with Crippen LogP contribution in [-0.4, -0.2) is 15.8 Å². The van der Waals surface area contributed by atoms with E-state index >= 15 is 0 Å². The lowest BCUT2D eigenvalue weighted by Gasteiger charge is -2.17. The van der Waals surface area contributed by atoms with E-state index in [0.29, 0.717) is 15.8 Å². The molecule has 0 aromatic carbocycles. The van der Waals surface area contributed by atoms with E-state index < -0.39 is 0 Å². The molecule has 20 heavy (non-hydrogen) atoms. The van der Waals surface area contributed by atoms with E-state index in [1.165, 1.54) is 30.2 Å². The summed E-state index contributed by atoms with van der Waals surface area (Å²) in [6.45, 7) is 1.87. The predicted octanol–water partition coefficient (Wildman–Crippen LogP) is 2.69. The molecular weight excluding hydrogens is 272 g/mol. The highest BCUT2D eigenvalue weighted by Crippen LogP contribution is 2.31. The van der Waals surface area contributed by atoms with Gasteiger partial charge in [-0.15, -0.1) is 0 Å². The molecule has 1 aliphatic carbocycles. The van der Waals surface area contributed by atoms with Gasteiger partial charge in [-0.25, -0.2) is 9.97 Å². The van der Waals surface area contributed by atoms with Gasteiger partial charge in [-0.3, -0.25) is 5.41 Å². The van der Waals surface area contributed by atoms with E-state index in [4.69, 9.17) is 15.6 Å². The molecule has 2 aromatic heterocycles. The number of oxazole rings is 1. The molecule has 6 heteroatoms. The van der Waals surface area contributed by atoms with E-state index in [2.05, 4.69) is 9.97 Å². The molecular formula is C14H16N4OS. The monoisotopic (exact) mass is 288 g/mol. The summed E-state index contributed by atoms with van der Waals surface area (Å²) in [5.74, 6) is 0.0386. The molecule has 104 valence electrons. The molecule has 0 saturated heterocycles. The zero-order valence-electron chi connectivity index (χ0n) is 11.3. The molecule has 0 aliphatic heterocycles. The van der Waals surface area contributed by atoms with E-state index in [1.807, 2.05) is 13.0 Å². The molecule has 2 aromatic rings. The maximum absolute atomic E-state index is 7.74. The van der Waals surface area contributed by atoms with Crippen LogP contribution in [0.2, 0.25) is 0 Å². The highest BCUT2D eigenvalue weighted by molar-refractivity contribution is 7.99. The van der Waals surface area contributed by atoms with Crippen molar-refractivity contribution >= 4 is 17.6 Å². The van der Waals surface area contributed by atoms with Gasteiger partial charge in [-0.05, 0) is 56.0 Å². The molecule has 0 fully saturated rings. The van der Waals surface area contributed by atoms with Gasteiger partial charge in [0.15, 0.2) is 0 Å². The Bertz CT molecular complexity index is 665. The van der Waals surface area contributed by atoms with Crippen molar-refractivity contribution in [2.24, 2.45) is 5.73 Å². The van der Waals surface area contributed by atoms with Gasteiger partial charge < -0.3 is 10.2 Å². The maximum atomic E-state index is 7.74. The van der Waals surface area contributed by atoms with E-state index in [-0.39, 0.29) is 5.84 Å². The van der Waals surface area contributed by atoms with Crippen molar-refractivity contribution in [3.63, 3.8) is 0 Å². The van der Waals surface area contributed by atoms with Gasteiger partial charge in [0.2, 0.25) is 0 Å². The molecule has 0 spiro atoms. The van der Waals surface area contributed by atoms with Gasteiger partial charge >= 0.3 is 0 Å². The SMILES string of the molecule is Cc1coc(Sc2nc3c(cc2C(=N)N)CCCC3)n1. The van der Waals surface area contributed by atoms with Crippen LogP contribution in [0.3, 0.4) is 0 Å². The van der Waals surface area contributed by atoms with Crippen molar-refractivity contribution in [3.8, 4) is 0 Å². The second-order valence-electron chi connectivity index (χ2n) is 4.92. The van der Waals surface area contributed by atoms with Crippen LogP contribution in [0, 0.1) is 12.3 Å². The smallest absolute Gasteiger partial charge is 0.262 e. The van der Waals surface area contributed by atoms with Gasteiger partial charge in [-0.1, -0.05) is 0 Å². The van der Waals surface area contributed by atoms with Crippen molar-refractivity contribution in [3.05, 3.63) is 34.8 Å². The number of aryl methyl sites for hydroxylation is 3. The Morgan fingerprint density at radius 3 is 2.85 bits per heavy atom. The topological polar surface area (TPSA) is 88.8 Å². The van der Waals surface area contributed by atoms with Gasteiger partial charge in [0.05, 0.1) is 5.69 Å². The highest BCUT2D eigenvalue weighted by Gasteiger charge is 2.18. The lowest BCUT2D eigenvalue weighted by molar-refractivity contribution is 0.453. The minimum Gasteiger partial charge on any atom is -0.439 e. The highest BCUT2D eigenvalue weighted by atomic mass is 32.2. The number of amidine groups is 1. The van der Waals surface area contributed by atoms with Crippen molar-refractivity contribution in [1.82, 2.24) is 9.97 Å². The first kappa shape index (κ1) is 13.2. The summed E-state index contributed by atoms with van der Waals surface area (Å²) in [4.78, 5) is 8.94. The Hall–Kier alpha value is -1.82. The first-order valence-corrected chi connectivity index (χ1v) is 7.42. The molecule has 5 nitrogen and oxygen atoms in total. The number of pyridine rings is 1. The number of rotatable bonds is 3. The van der Waals surface area contributed by atoms with Crippen LogP contribution in [-0.2, 0) is 12.8 Å². The van der Waals surface area contributed by atoms with Crippen LogP contribution < -0.4 is 5.73 Å². The molecule has 0 unspecified atom stereocenters. The van der Waals surface area contributed by atoms with Crippen LogP contribution in [0.5, 0.6) is 0 Å². The average Bonchev–Trinajstić information content (AvgIpc) is 2.83. The Morgan fingerprint density at radius 2 is 2.15 bits per heavy atom. The second-order valence-corrected chi connectivity index (χ2v) is 5.86. The van der Waals surface area contributed by atoms with Crippen LogP contribution in [0.25, 0.3) is 0 Å². The molecule has 0 bridgehead atoms. The summed E-state index contributed by atoms with van der Waals surface area (Å²) in [5, 5.41) is 8.98. The third-order valence-corrected chi connectivity index (χ3v) is 4.20. The van der Waals surface area contributed by atoms with Crippen LogP contribution in [0.1, 0.15) is 35.4 Å². The van der Waals surface area contributed by atoms with Crippen LogP contribution in [0.4, 0.5) is 0 Å². The lowest BCUT2D eigenvalue weighted by Crippen LogP contribution is -2.16. The van der Waals surface area contributed by atoms with Crippen molar-refractivity contribution in [2.45, 2.75) is 42.9 Å². The molecule has 0 radical (unpaired) electrons. The first-order valence-electron chi connectivity index (χ1n) is 6.60. The summed E-state index contributed by atoms with van der Waals surface area (Å²) in [5.41, 5.74) is 9.52. The number of nitrogens with two attached hydrogens (primary N) is 1. The van der Waals surface area contributed by atoms with Crippen molar-refractivity contribution in [1.29, 1.82) is 5.41 Å². The number of aromatic nitrogens is 2. The largest absolute Gasteiger partial charge is 0.439 e. The number of nitrogens with zero attached hydrogens (tertiary/aromatic N) is 2. The van der Waals surface area contributed by atoms with E-state index in [0.717, 1.165) is 24.2 Å². The molecule has 3 rings (SSSR count). The first-order chi connectivity index (χ1) is 9.63. The minimum atomic E-state index is 0.0386. The fraction of sp³-hybridized carbons (Fsp3) is 0.357. The number of fused-ring (bicyclic) bond motifs is 1. The predicted molar refractivity (Wildman–Crippen MR) is 77.3 cm³/mol. The second kappa shape index (κ2) is 5.28. The number of hydrogen-bond acceptors (Lipinski definition) is 5. The Morgan fingerprint density at radius 1 is 1.35 bits per heavy atom. The minimum absolute atomic E-state index is 0.0386. The molecule has 0 saturated carbocycles. The van der Waals surface area contributed by atoms with Crippen molar-refractivity contribution < 1.29 is 4.42 Å². The van der Waals surface area contributed by atoms with Gasteiger partial charge in [0.1, 0.15) is 17.1 Å². The molecule has 0 atom stereocenters. The standard InChI is InChI=1S/C14H16N4OS/c1-8-7-19-14(17-8)20-13-10(12(15)16)6-9-4-2-3-5-11(9)18-13/h6-7H,2-5H2,1H3,(H3,15,16). The fourth-order valence-corrected chi connectivity index (χ4v) is 3.23. The lowest BCUT2D eigenvalue weighted by atomic mass is 9.95. The zero-order valence-corrected chi connectivity index (χ0v) is 12.1. The van der Waals surface area contributed by atoms with Crippen LogP contribution >= 0.6 is 11.8 Å². The average molecular weight is 288 g/mol. The fourth-order valence-electron chi connectivity index (χ4n) is 2.35. The molecule has 0 amide bonds. The number of hydrogen-bond donors (Lipinski definition) is 2. The van der Waals surface area contributed by atoms with Gasteiger partial charge in [-0.2, -0.15) is 0 Å². The summed E-state index contributed by atoms with van der Waals surface area (Å²) < 4.78 is 5.35. The van der Waals surface area contributed by atoms with Gasteiger partial charge in [0, 0.05) is 11.3 Å². The van der Waals surface area contributed by atoms with Crippen LogP contribution in [0.15, 0.2) is 27.0 Å².